The average Bonchev–Trinajstić information content (AvgIpc) is 2.46. The van der Waals surface area contributed by atoms with Gasteiger partial charge in [-0.2, -0.15) is 0 Å². The smallest absolute Gasteiger partial charge is 0.194 e. The van der Waals surface area contributed by atoms with Crippen molar-refractivity contribution < 1.29 is 13.5 Å². The minimum absolute atomic E-state index is 0.135. The molecule has 0 aliphatic carbocycles. The van der Waals surface area contributed by atoms with Crippen LogP contribution in [0.1, 0.15) is 47.5 Å². The lowest BCUT2D eigenvalue weighted by atomic mass is 9.98. The van der Waals surface area contributed by atoms with E-state index in [1.54, 1.807) is 13.8 Å². The lowest BCUT2D eigenvalue weighted by molar-refractivity contribution is 0.0415. The van der Waals surface area contributed by atoms with Gasteiger partial charge in [-0.1, -0.05) is 13.8 Å². The molecule has 22 heavy (non-hydrogen) atoms. The summed E-state index contributed by atoms with van der Waals surface area (Å²) in [4.78, 5) is 6.53. The highest BCUT2D eigenvalue weighted by Crippen LogP contribution is 2.24. The van der Waals surface area contributed by atoms with E-state index in [0.29, 0.717) is 45.0 Å². The summed E-state index contributed by atoms with van der Waals surface area (Å²) in [6, 6.07) is 0. The summed E-state index contributed by atoms with van der Waals surface area (Å²) < 4.78 is 23.4. The number of sulfone groups is 1. The second-order valence-corrected chi connectivity index (χ2v) is 9.34. The Labute approximate surface area is 134 Å². The molecule has 1 fully saturated rings. The Kier molecular flexibility index (Phi) is 6.27. The fourth-order valence-electron chi connectivity index (χ4n) is 2.45. The number of guanidine groups is 1. The van der Waals surface area contributed by atoms with Crippen LogP contribution < -0.4 is 5.32 Å². The molecule has 0 unspecified atom stereocenters. The first-order valence-electron chi connectivity index (χ1n) is 8.08. The number of aliphatic imine (C=N–C) groups is 1. The molecular formula is C15H31N3O3S. The highest BCUT2D eigenvalue weighted by molar-refractivity contribution is 7.92. The summed E-state index contributed by atoms with van der Waals surface area (Å²) in [5.74, 6) is 0.821. The van der Waals surface area contributed by atoms with E-state index in [0.717, 1.165) is 0 Å². The van der Waals surface area contributed by atoms with Gasteiger partial charge in [-0.25, -0.2) is 8.42 Å². The monoisotopic (exact) mass is 333 g/mol. The van der Waals surface area contributed by atoms with Crippen molar-refractivity contribution in [3.63, 3.8) is 0 Å². The lowest BCUT2D eigenvalue weighted by Gasteiger charge is -2.39. The van der Waals surface area contributed by atoms with Gasteiger partial charge in [0.05, 0.1) is 22.6 Å². The summed E-state index contributed by atoms with van der Waals surface area (Å²) >= 11 is 0. The van der Waals surface area contributed by atoms with Crippen LogP contribution in [0.25, 0.3) is 0 Å². The van der Waals surface area contributed by atoms with E-state index in [-0.39, 0.29) is 5.75 Å². The number of nitrogens with zero attached hydrogens (tertiary/aromatic N) is 2. The molecule has 0 saturated carbocycles. The Morgan fingerprint density at radius 2 is 1.91 bits per heavy atom. The summed E-state index contributed by atoms with van der Waals surface area (Å²) in [5, 5.41) is 13.6. The van der Waals surface area contributed by atoms with E-state index >= 15 is 0 Å². The lowest BCUT2D eigenvalue weighted by Crippen LogP contribution is -2.57. The van der Waals surface area contributed by atoms with Gasteiger partial charge in [0.1, 0.15) is 0 Å². The molecule has 0 aromatic carbocycles. The Balaban J connectivity index is 2.93. The van der Waals surface area contributed by atoms with Crippen LogP contribution in [0.4, 0.5) is 0 Å². The quantitative estimate of drug-likeness (QED) is 0.580. The van der Waals surface area contributed by atoms with Crippen molar-refractivity contribution in [3.8, 4) is 0 Å². The minimum Gasteiger partial charge on any atom is -0.388 e. The first-order chi connectivity index (χ1) is 10.1. The SMILES string of the molecule is CCNC(=NCC(O)(CC)CC)N1CCS(=O)(=O)C(C)(C)C1. The molecular weight excluding hydrogens is 302 g/mol. The molecule has 1 rings (SSSR count). The zero-order valence-electron chi connectivity index (χ0n) is 14.5. The summed E-state index contributed by atoms with van der Waals surface area (Å²) in [6.07, 6.45) is 1.29. The maximum Gasteiger partial charge on any atom is 0.194 e. The molecule has 1 heterocycles. The number of rotatable bonds is 5. The second-order valence-electron chi connectivity index (χ2n) is 6.60. The predicted octanol–water partition coefficient (Wildman–Crippen LogP) is 1.01. The molecule has 7 heteroatoms. The molecule has 130 valence electrons. The van der Waals surface area contributed by atoms with E-state index in [1.807, 2.05) is 25.7 Å². The van der Waals surface area contributed by atoms with E-state index in [1.165, 1.54) is 0 Å². The maximum atomic E-state index is 12.1. The van der Waals surface area contributed by atoms with Gasteiger partial charge in [0.15, 0.2) is 15.8 Å². The Morgan fingerprint density at radius 3 is 2.36 bits per heavy atom. The van der Waals surface area contributed by atoms with Crippen LogP contribution in [0.3, 0.4) is 0 Å². The molecule has 0 aromatic rings. The average molecular weight is 333 g/mol. The maximum absolute atomic E-state index is 12.1. The van der Waals surface area contributed by atoms with Crippen molar-refractivity contribution in [2.45, 2.75) is 57.8 Å². The van der Waals surface area contributed by atoms with Crippen LogP contribution in [0, 0.1) is 0 Å². The molecule has 1 aliphatic rings. The zero-order valence-corrected chi connectivity index (χ0v) is 15.3. The zero-order chi connectivity index (χ0) is 17.0. The van der Waals surface area contributed by atoms with Crippen LogP contribution in [0.2, 0.25) is 0 Å². The van der Waals surface area contributed by atoms with Gasteiger partial charge in [0.25, 0.3) is 0 Å². The van der Waals surface area contributed by atoms with Gasteiger partial charge in [-0.05, 0) is 33.6 Å². The molecule has 0 amide bonds. The topological polar surface area (TPSA) is 82.0 Å². The van der Waals surface area contributed by atoms with Crippen LogP contribution in [-0.4, -0.2) is 66.7 Å². The third kappa shape index (κ3) is 4.35. The van der Waals surface area contributed by atoms with E-state index in [4.69, 9.17) is 0 Å². The molecule has 0 spiro atoms. The van der Waals surface area contributed by atoms with Crippen molar-refractivity contribution in [2.75, 3.05) is 31.9 Å². The van der Waals surface area contributed by atoms with Gasteiger partial charge < -0.3 is 15.3 Å². The number of hydrogen-bond acceptors (Lipinski definition) is 4. The fraction of sp³-hybridized carbons (Fsp3) is 0.933. The van der Waals surface area contributed by atoms with Gasteiger partial charge >= 0.3 is 0 Å². The predicted molar refractivity (Wildman–Crippen MR) is 90.9 cm³/mol. The standard InChI is InChI=1S/C15H31N3O3S/c1-6-15(19,7-2)11-17-13(16-8-3)18-9-10-22(20,21)14(4,5)12-18/h19H,6-12H2,1-5H3,(H,16,17). The Morgan fingerprint density at radius 1 is 1.32 bits per heavy atom. The number of nitrogens with one attached hydrogen (secondary N) is 1. The van der Waals surface area contributed by atoms with Crippen LogP contribution in [0.15, 0.2) is 4.99 Å². The van der Waals surface area contributed by atoms with Gasteiger partial charge in [0, 0.05) is 19.6 Å². The van der Waals surface area contributed by atoms with Gasteiger partial charge in [-0.3, -0.25) is 4.99 Å². The summed E-state index contributed by atoms with van der Waals surface area (Å²) in [6.45, 7) is 11.3. The molecule has 0 bridgehead atoms. The molecule has 6 nitrogen and oxygen atoms in total. The Hall–Kier alpha value is -0.820. The molecule has 1 aliphatic heterocycles. The summed E-state index contributed by atoms with van der Waals surface area (Å²) in [7, 11) is -3.07. The van der Waals surface area contributed by atoms with Crippen LogP contribution in [0.5, 0.6) is 0 Å². The second kappa shape index (κ2) is 7.17. The molecule has 2 N–H and O–H groups in total. The highest BCUT2D eigenvalue weighted by atomic mass is 32.2. The minimum atomic E-state index is -3.07. The summed E-state index contributed by atoms with van der Waals surface area (Å²) in [5.41, 5.74) is -0.794. The highest BCUT2D eigenvalue weighted by Gasteiger charge is 2.41. The molecule has 1 saturated heterocycles. The molecule has 0 atom stereocenters. The third-order valence-electron chi connectivity index (χ3n) is 4.52. The normalized spacial score (nSPS) is 21.7. The first kappa shape index (κ1) is 19.2. The number of aliphatic hydroxyl groups is 1. The molecule has 0 aromatic heterocycles. The van der Waals surface area contributed by atoms with Crippen molar-refractivity contribution in [1.29, 1.82) is 0 Å². The third-order valence-corrected chi connectivity index (χ3v) is 7.05. The van der Waals surface area contributed by atoms with Gasteiger partial charge in [-0.15, -0.1) is 0 Å². The van der Waals surface area contributed by atoms with E-state index in [9.17, 15) is 13.5 Å². The van der Waals surface area contributed by atoms with Crippen molar-refractivity contribution in [3.05, 3.63) is 0 Å². The first-order valence-corrected chi connectivity index (χ1v) is 9.74. The Bertz CT molecular complexity index is 496. The van der Waals surface area contributed by atoms with Crippen molar-refractivity contribution in [1.82, 2.24) is 10.2 Å². The van der Waals surface area contributed by atoms with Gasteiger partial charge in [0.2, 0.25) is 0 Å². The van der Waals surface area contributed by atoms with E-state index in [2.05, 4.69) is 10.3 Å². The van der Waals surface area contributed by atoms with Crippen LogP contribution >= 0.6 is 0 Å². The number of hydrogen-bond donors (Lipinski definition) is 2. The van der Waals surface area contributed by atoms with Crippen molar-refractivity contribution in [2.24, 2.45) is 4.99 Å². The van der Waals surface area contributed by atoms with Crippen molar-refractivity contribution >= 4 is 15.8 Å². The van der Waals surface area contributed by atoms with E-state index < -0.39 is 20.2 Å². The molecule has 0 radical (unpaired) electrons. The van der Waals surface area contributed by atoms with Crippen LogP contribution in [-0.2, 0) is 9.84 Å². The largest absolute Gasteiger partial charge is 0.388 e. The fourth-order valence-corrected chi connectivity index (χ4v) is 3.81.